The molecule has 2 N–H and O–H groups in total. The van der Waals surface area contributed by atoms with Crippen LogP contribution in [0, 0.1) is 11.7 Å². The summed E-state index contributed by atoms with van der Waals surface area (Å²) in [5.74, 6) is -0.965. The Bertz CT molecular complexity index is 1040. The topological polar surface area (TPSA) is 102 Å². The van der Waals surface area contributed by atoms with Gasteiger partial charge in [-0.25, -0.2) is 14.0 Å². The van der Waals surface area contributed by atoms with Crippen molar-refractivity contribution in [2.45, 2.75) is 59.5 Å². The molecule has 208 valence electrons. The zero-order chi connectivity index (χ0) is 27.4. The van der Waals surface area contributed by atoms with Crippen LogP contribution in [-0.2, 0) is 23.1 Å². The van der Waals surface area contributed by atoms with Crippen molar-refractivity contribution in [2.75, 3.05) is 45.3 Å². The number of ether oxygens (including phenoxy) is 1. The molecule has 0 amide bonds. The molecule has 2 rings (SSSR count). The highest BCUT2D eigenvalue weighted by Crippen LogP contribution is 2.44. The van der Waals surface area contributed by atoms with Gasteiger partial charge in [-0.15, -0.1) is 0 Å². The lowest BCUT2D eigenvalue weighted by molar-refractivity contribution is -0.143. The fourth-order valence-electron chi connectivity index (χ4n) is 3.98. The second-order valence-corrected chi connectivity index (χ2v) is 11.0. The van der Waals surface area contributed by atoms with Gasteiger partial charge < -0.3 is 15.0 Å². The maximum atomic E-state index is 13.5. The van der Waals surface area contributed by atoms with E-state index in [1.165, 1.54) is 19.2 Å². The van der Waals surface area contributed by atoms with Crippen molar-refractivity contribution >= 4 is 30.3 Å². The number of esters is 1. The van der Waals surface area contributed by atoms with Gasteiger partial charge >= 0.3 is 13.7 Å². The lowest BCUT2D eigenvalue weighted by atomic mass is 10.1. The van der Waals surface area contributed by atoms with Crippen LogP contribution in [-0.4, -0.2) is 67.9 Å². The molecule has 0 spiro atoms. The molecule has 1 aromatic carbocycles. The summed E-state index contributed by atoms with van der Waals surface area (Å²) in [5.41, 5.74) is 1.56. The Morgan fingerprint density at radius 2 is 1.92 bits per heavy atom. The van der Waals surface area contributed by atoms with Crippen molar-refractivity contribution in [3.63, 3.8) is 0 Å². The van der Waals surface area contributed by atoms with Crippen LogP contribution in [0.2, 0.25) is 0 Å². The molecule has 3 atom stereocenters. The third kappa shape index (κ3) is 9.94. The summed E-state index contributed by atoms with van der Waals surface area (Å²) in [5, 5.41) is 7.16. The van der Waals surface area contributed by atoms with Gasteiger partial charge in [0.05, 0.1) is 25.8 Å². The summed E-state index contributed by atoms with van der Waals surface area (Å²) in [6, 6.07) is 5.94. The number of methoxy groups -OCH3 is 1. The average Bonchev–Trinajstić information content (AvgIpc) is 2.86. The standard InChI is InChI=1S/C26H42FN4O5P/c1-7-31(16-17-36-37(33,35-8-2)30-25(19(3)4)26(32)34-6)15-9-10-20(5)29-23-13-14-28-24-18-21(27)11-12-22(23)24/h11-14,18-20,25H,7-10,15-17H2,1-6H3,(H,28,29)(H,30,33)/t20-,25-,37?/m0/s1. The van der Waals surface area contributed by atoms with Crippen LogP contribution >= 0.6 is 7.75 Å². The van der Waals surface area contributed by atoms with Crippen LogP contribution in [0.25, 0.3) is 10.9 Å². The fraction of sp³-hybridized carbons (Fsp3) is 0.615. The molecule has 0 radical (unpaired) electrons. The van der Waals surface area contributed by atoms with E-state index in [9.17, 15) is 13.8 Å². The molecule has 0 saturated heterocycles. The molecule has 0 aliphatic carbocycles. The Hall–Kier alpha value is -2.10. The van der Waals surface area contributed by atoms with Crippen molar-refractivity contribution in [3.05, 3.63) is 36.3 Å². The summed E-state index contributed by atoms with van der Waals surface area (Å²) in [6.45, 7) is 12.2. The van der Waals surface area contributed by atoms with E-state index in [2.05, 4.69) is 34.1 Å². The lowest BCUT2D eigenvalue weighted by Gasteiger charge is -2.27. The molecule has 0 bridgehead atoms. The number of hydrogen-bond donors (Lipinski definition) is 2. The van der Waals surface area contributed by atoms with Gasteiger partial charge in [-0.3, -0.25) is 18.8 Å². The predicted octanol–water partition coefficient (Wildman–Crippen LogP) is 5.22. The number of nitrogens with one attached hydrogen (secondary N) is 2. The van der Waals surface area contributed by atoms with E-state index < -0.39 is 19.8 Å². The number of benzene rings is 1. The van der Waals surface area contributed by atoms with E-state index in [0.717, 1.165) is 37.0 Å². The van der Waals surface area contributed by atoms with Gasteiger partial charge in [0.1, 0.15) is 11.9 Å². The van der Waals surface area contributed by atoms with Crippen LogP contribution < -0.4 is 10.4 Å². The van der Waals surface area contributed by atoms with Crippen LogP contribution in [0.5, 0.6) is 0 Å². The lowest BCUT2D eigenvalue weighted by Crippen LogP contribution is -2.41. The minimum Gasteiger partial charge on any atom is -0.468 e. The van der Waals surface area contributed by atoms with Gasteiger partial charge in [0.25, 0.3) is 0 Å². The van der Waals surface area contributed by atoms with Crippen molar-refractivity contribution in [1.29, 1.82) is 0 Å². The Kier molecular flexibility index (Phi) is 12.9. The Balaban J connectivity index is 1.84. The monoisotopic (exact) mass is 540 g/mol. The summed E-state index contributed by atoms with van der Waals surface area (Å²) >= 11 is 0. The van der Waals surface area contributed by atoms with E-state index in [0.29, 0.717) is 12.1 Å². The van der Waals surface area contributed by atoms with Crippen LogP contribution in [0.15, 0.2) is 30.5 Å². The third-order valence-electron chi connectivity index (χ3n) is 6.05. The fourth-order valence-corrected chi connectivity index (χ4v) is 5.61. The van der Waals surface area contributed by atoms with Gasteiger partial charge in [-0.05, 0) is 63.9 Å². The van der Waals surface area contributed by atoms with E-state index in [4.69, 9.17) is 13.8 Å². The SMILES string of the molecule is CCOP(=O)(N[C@H](C(=O)OC)C(C)C)OCCN(CC)CCC[C@H](C)Nc1ccnc2cc(F)ccc12. The molecule has 0 aliphatic heterocycles. The van der Waals surface area contributed by atoms with E-state index in [1.54, 1.807) is 19.2 Å². The number of carbonyl (C=O) groups is 1. The number of aromatic nitrogens is 1. The van der Waals surface area contributed by atoms with Crippen LogP contribution in [0.3, 0.4) is 0 Å². The molecule has 1 unspecified atom stereocenters. The Morgan fingerprint density at radius 3 is 2.57 bits per heavy atom. The van der Waals surface area contributed by atoms with Crippen molar-refractivity contribution in [2.24, 2.45) is 5.92 Å². The highest BCUT2D eigenvalue weighted by Gasteiger charge is 2.34. The number of pyridine rings is 1. The maximum Gasteiger partial charge on any atom is 0.406 e. The minimum atomic E-state index is -3.68. The smallest absolute Gasteiger partial charge is 0.406 e. The average molecular weight is 541 g/mol. The second-order valence-electron chi connectivity index (χ2n) is 9.26. The number of likely N-dealkylation sites (N-methyl/N-ethyl adjacent to an activating group) is 1. The summed E-state index contributed by atoms with van der Waals surface area (Å²) < 4.78 is 42.6. The van der Waals surface area contributed by atoms with Crippen molar-refractivity contribution < 1.29 is 27.5 Å². The zero-order valence-corrected chi connectivity index (χ0v) is 23.7. The molecule has 9 nitrogen and oxygen atoms in total. The summed E-state index contributed by atoms with van der Waals surface area (Å²) in [7, 11) is -2.39. The number of carbonyl (C=O) groups excluding carboxylic acids is 1. The normalized spacial score (nSPS) is 15.1. The molecule has 1 heterocycles. The molecule has 0 saturated carbocycles. The van der Waals surface area contributed by atoms with Gasteiger partial charge in [0.2, 0.25) is 0 Å². The van der Waals surface area contributed by atoms with Crippen molar-refractivity contribution in [1.82, 2.24) is 15.0 Å². The third-order valence-corrected chi connectivity index (χ3v) is 7.77. The van der Waals surface area contributed by atoms with Crippen LogP contribution in [0.4, 0.5) is 10.1 Å². The number of halogens is 1. The molecule has 0 aliphatic rings. The van der Waals surface area contributed by atoms with Gasteiger partial charge in [-0.1, -0.05) is 20.8 Å². The van der Waals surface area contributed by atoms with E-state index in [1.807, 2.05) is 19.9 Å². The zero-order valence-electron chi connectivity index (χ0n) is 22.8. The molecular weight excluding hydrogens is 498 g/mol. The second kappa shape index (κ2) is 15.3. The Morgan fingerprint density at radius 1 is 1.16 bits per heavy atom. The molecule has 11 heteroatoms. The quantitative estimate of drug-likeness (QED) is 0.206. The predicted molar refractivity (Wildman–Crippen MR) is 145 cm³/mol. The minimum absolute atomic E-state index is 0.154. The number of nitrogens with zero attached hydrogens (tertiary/aromatic N) is 2. The molecule has 2 aromatic rings. The van der Waals surface area contributed by atoms with Crippen molar-refractivity contribution in [3.8, 4) is 0 Å². The van der Waals surface area contributed by atoms with Gasteiger partial charge in [0.15, 0.2) is 0 Å². The van der Waals surface area contributed by atoms with Gasteiger partial charge in [0, 0.05) is 35.9 Å². The molecule has 37 heavy (non-hydrogen) atoms. The highest BCUT2D eigenvalue weighted by molar-refractivity contribution is 7.51. The molecule has 0 fully saturated rings. The first kappa shape index (κ1) is 31.1. The van der Waals surface area contributed by atoms with Gasteiger partial charge in [-0.2, -0.15) is 0 Å². The van der Waals surface area contributed by atoms with E-state index >= 15 is 0 Å². The Labute approximate surface area is 220 Å². The summed E-state index contributed by atoms with van der Waals surface area (Å²) in [6.07, 6.45) is 3.55. The number of anilines is 1. The summed E-state index contributed by atoms with van der Waals surface area (Å²) in [4.78, 5) is 18.5. The number of hydrogen-bond acceptors (Lipinski definition) is 8. The molecule has 1 aromatic heterocycles. The number of fused-ring (bicyclic) bond motifs is 1. The first-order chi connectivity index (χ1) is 17.6. The first-order valence-electron chi connectivity index (χ1n) is 12.9. The van der Waals surface area contributed by atoms with Crippen LogP contribution in [0.1, 0.15) is 47.5 Å². The first-order valence-corrected chi connectivity index (χ1v) is 14.4. The maximum absolute atomic E-state index is 13.5. The number of rotatable bonds is 17. The molecular formula is C26H42FN4O5P. The highest BCUT2D eigenvalue weighted by atomic mass is 31.2. The largest absolute Gasteiger partial charge is 0.468 e. The van der Waals surface area contributed by atoms with E-state index in [-0.39, 0.29) is 31.0 Å².